The molecule has 0 spiro atoms. The second-order valence-electron chi connectivity index (χ2n) is 5.65. The number of halogens is 4. The Balaban J connectivity index is 2.07. The van der Waals surface area contributed by atoms with Crippen LogP contribution in [0.5, 0.6) is 0 Å². The third-order valence-corrected chi connectivity index (χ3v) is 4.26. The van der Waals surface area contributed by atoms with Gasteiger partial charge >= 0.3 is 6.18 Å². The Bertz CT molecular complexity index is 801. The summed E-state index contributed by atoms with van der Waals surface area (Å²) in [5, 5.41) is 0.0175. The molecular weight excluding hydrogens is 329 g/mol. The fourth-order valence-corrected chi connectivity index (χ4v) is 2.82. The van der Waals surface area contributed by atoms with E-state index in [0.29, 0.717) is 16.9 Å². The zero-order valence-corrected chi connectivity index (χ0v) is 13.3. The van der Waals surface area contributed by atoms with E-state index in [1.54, 1.807) is 6.08 Å². The van der Waals surface area contributed by atoms with E-state index in [0.717, 1.165) is 17.0 Å². The number of hydrogen-bond acceptors (Lipinski definition) is 4. The van der Waals surface area contributed by atoms with E-state index in [2.05, 4.69) is 19.9 Å². The molecule has 4 nitrogen and oxygen atoms in total. The molecule has 0 fully saturated rings. The SMILES string of the molecule is Cc1nc2nc(Cl)nc(C3=CCC(C(F)(F)F)CC3)c2nc1C. The fourth-order valence-electron chi connectivity index (χ4n) is 2.66. The largest absolute Gasteiger partial charge is 0.392 e. The summed E-state index contributed by atoms with van der Waals surface area (Å²) in [6, 6.07) is 0. The molecule has 1 unspecified atom stereocenters. The third-order valence-electron chi connectivity index (χ3n) is 4.09. The monoisotopic (exact) mass is 342 g/mol. The molecule has 122 valence electrons. The van der Waals surface area contributed by atoms with Crippen molar-refractivity contribution in [1.29, 1.82) is 0 Å². The number of allylic oxidation sites excluding steroid dienone is 2. The molecule has 1 aliphatic carbocycles. The van der Waals surface area contributed by atoms with Crippen molar-refractivity contribution in [2.45, 2.75) is 39.3 Å². The lowest BCUT2D eigenvalue weighted by molar-refractivity contribution is -0.175. The van der Waals surface area contributed by atoms with Crippen LogP contribution in [0.25, 0.3) is 16.7 Å². The highest BCUT2D eigenvalue weighted by atomic mass is 35.5. The van der Waals surface area contributed by atoms with Gasteiger partial charge in [0, 0.05) is 0 Å². The molecule has 1 aliphatic rings. The van der Waals surface area contributed by atoms with E-state index in [4.69, 9.17) is 11.6 Å². The minimum absolute atomic E-state index is 0.0175. The highest BCUT2D eigenvalue weighted by molar-refractivity contribution is 6.28. The summed E-state index contributed by atoms with van der Waals surface area (Å²) in [5.41, 5.74) is 3.51. The quantitative estimate of drug-likeness (QED) is 0.719. The first kappa shape index (κ1) is 16.1. The summed E-state index contributed by atoms with van der Waals surface area (Å²) < 4.78 is 38.4. The molecule has 0 saturated heterocycles. The Morgan fingerprint density at radius 3 is 2.39 bits per heavy atom. The normalized spacial score (nSPS) is 19.0. The van der Waals surface area contributed by atoms with E-state index >= 15 is 0 Å². The van der Waals surface area contributed by atoms with Crippen LogP contribution in [0.3, 0.4) is 0 Å². The Morgan fingerprint density at radius 2 is 1.78 bits per heavy atom. The maximum atomic E-state index is 12.8. The molecule has 1 atom stereocenters. The van der Waals surface area contributed by atoms with Gasteiger partial charge in [-0.3, -0.25) is 0 Å². The van der Waals surface area contributed by atoms with Crippen LogP contribution < -0.4 is 0 Å². The molecule has 0 aromatic carbocycles. The zero-order valence-electron chi connectivity index (χ0n) is 12.6. The van der Waals surface area contributed by atoms with Crippen LogP contribution in [-0.4, -0.2) is 26.1 Å². The minimum atomic E-state index is -4.17. The van der Waals surface area contributed by atoms with Gasteiger partial charge in [-0.1, -0.05) is 6.08 Å². The summed E-state index contributed by atoms with van der Waals surface area (Å²) in [4.78, 5) is 17.0. The topological polar surface area (TPSA) is 51.6 Å². The molecule has 2 aromatic heterocycles. The summed E-state index contributed by atoms with van der Waals surface area (Å²) in [6.45, 7) is 3.63. The van der Waals surface area contributed by atoms with Gasteiger partial charge in [0.15, 0.2) is 5.65 Å². The van der Waals surface area contributed by atoms with Crippen LogP contribution >= 0.6 is 11.6 Å². The van der Waals surface area contributed by atoms with E-state index in [9.17, 15) is 13.2 Å². The Labute approximate surface area is 135 Å². The zero-order chi connectivity index (χ0) is 16.8. The molecule has 2 aromatic rings. The Hall–Kier alpha value is -1.76. The average molecular weight is 343 g/mol. The van der Waals surface area contributed by atoms with Gasteiger partial charge in [0.2, 0.25) is 5.28 Å². The summed E-state index contributed by atoms with van der Waals surface area (Å²) >= 11 is 5.94. The smallest absolute Gasteiger partial charge is 0.246 e. The Kier molecular flexibility index (Phi) is 4.00. The van der Waals surface area contributed by atoms with Crippen molar-refractivity contribution in [3.05, 3.63) is 28.4 Å². The van der Waals surface area contributed by atoms with Gasteiger partial charge in [0.25, 0.3) is 0 Å². The molecule has 0 aliphatic heterocycles. The molecular formula is C15H14ClF3N4. The highest BCUT2D eigenvalue weighted by Gasteiger charge is 2.40. The van der Waals surface area contributed by atoms with Gasteiger partial charge in [0.1, 0.15) is 5.52 Å². The fraction of sp³-hybridized carbons (Fsp3) is 0.467. The van der Waals surface area contributed by atoms with Crippen molar-refractivity contribution in [3.8, 4) is 0 Å². The van der Waals surface area contributed by atoms with E-state index in [1.165, 1.54) is 0 Å². The van der Waals surface area contributed by atoms with E-state index in [1.807, 2.05) is 13.8 Å². The van der Waals surface area contributed by atoms with Crippen LogP contribution in [-0.2, 0) is 0 Å². The van der Waals surface area contributed by atoms with Crippen molar-refractivity contribution in [3.63, 3.8) is 0 Å². The molecule has 0 N–H and O–H groups in total. The molecule has 0 bridgehead atoms. The Morgan fingerprint density at radius 1 is 1.09 bits per heavy atom. The van der Waals surface area contributed by atoms with E-state index in [-0.39, 0.29) is 24.5 Å². The van der Waals surface area contributed by atoms with Crippen LogP contribution in [0.4, 0.5) is 13.2 Å². The van der Waals surface area contributed by atoms with Gasteiger partial charge in [0.05, 0.1) is 23.0 Å². The summed E-state index contributed by atoms with van der Waals surface area (Å²) in [7, 11) is 0. The number of hydrogen-bond donors (Lipinski definition) is 0. The maximum absolute atomic E-state index is 12.8. The molecule has 8 heteroatoms. The lowest BCUT2D eigenvalue weighted by Gasteiger charge is -2.24. The minimum Gasteiger partial charge on any atom is -0.246 e. The van der Waals surface area contributed by atoms with Crippen LogP contribution in [0, 0.1) is 19.8 Å². The van der Waals surface area contributed by atoms with Crippen LogP contribution in [0.2, 0.25) is 5.28 Å². The lowest BCUT2D eigenvalue weighted by Crippen LogP contribution is -2.24. The van der Waals surface area contributed by atoms with Crippen LogP contribution in [0.15, 0.2) is 6.08 Å². The summed E-state index contributed by atoms with van der Waals surface area (Å²) in [6.07, 6.45) is -2.32. The van der Waals surface area contributed by atoms with E-state index < -0.39 is 12.1 Å². The van der Waals surface area contributed by atoms with Crippen molar-refractivity contribution in [1.82, 2.24) is 19.9 Å². The van der Waals surface area contributed by atoms with Gasteiger partial charge in [-0.2, -0.15) is 18.2 Å². The highest BCUT2D eigenvalue weighted by Crippen LogP contribution is 2.39. The number of aromatic nitrogens is 4. The van der Waals surface area contributed by atoms with Crippen molar-refractivity contribution in [2.75, 3.05) is 0 Å². The van der Waals surface area contributed by atoms with Crippen molar-refractivity contribution in [2.24, 2.45) is 5.92 Å². The van der Waals surface area contributed by atoms with Crippen LogP contribution in [0.1, 0.15) is 36.3 Å². The second kappa shape index (κ2) is 5.70. The number of nitrogens with zero attached hydrogens (tertiary/aromatic N) is 4. The van der Waals surface area contributed by atoms with Gasteiger partial charge in [-0.25, -0.2) is 15.0 Å². The summed E-state index contributed by atoms with van der Waals surface area (Å²) in [5.74, 6) is -1.30. The number of alkyl halides is 3. The van der Waals surface area contributed by atoms with Crippen molar-refractivity contribution >= 4 is 28.3 Å². The van der Waals surface area contributed by atoms with Gasteiger partial charge in [-0.15, -0.1) is 0 Å². The lowest BCUT2D eigenvalue weighted by atomic mass is 9.87. The third kappa shape index (κ3) is 3.15. The number of fused-ring (bicyclic) bond motifs is 1. The van der Waals surface area contributed by atoms with Crippen molar-refractivity contribution < 1.29 is 13.2 Å². The van der Waals surface area contributed by atoms with Gasteiger partial charge < -0.3 is 0 Å². The second-order valence-corrected chi connectivity index (χ2v) is 5.99. The standard InChI is InChI=1S/C15H14ClF3N4/c1-7-8(2)21-13-12(20-7)11(22-14(16)23-13)9-3-5-10(6-4-9)15(17,18)19/h3,10H,4-6H2,1-2H3. The molecule has 23 heavy (non-hydrogen) atoms. The molecule has 2 heterocycles. The molecule has 0 amide bonds. The molecule has 0 radical (unpaired) electrons. The first-order valence-corrected chi connectivity index (χ1v) is 7.58. The number of rotatable bonds is 1. The predicted molar refractivity (Wildman–Crippen MR) is 81.0 cm³/mol. The predicted octanol–water partition coefficient (Wildman–Crippen LogP) is 4.44. The van der Waals surface area contributed by atoms with Gasteiger partial charge in [-0.05, 0) is 50.3 Å². The number of aryl methyl sites for hydroxylation is 2. The first-order valence-electron chi connectivity index (χ1n) is 7.20. The first-order chi connectivity index (χ1) is 10.8. The average Bonchev–Trinajstić information content (AvgIpc) is 2.47. The maximum Gasteiger partial charge on any atom is 0.392 e. The molecule has 3 rings (SSSR count). The molecule has 0 saturated carbocycles.